The van der Waals surface area contributed by atoms with Gasteiger partial charge >= 0.3 is 0 Å². The molecule has 7 heteroatoms. The predicted molar refractivity (Wildman–Crippen MR) is 70.1 cm³/mol. The highest BCUT2D eigenvalue weighted by Crippen LogP contribution is 2.27. The summed E-state index contributed by atoms with van der Waals surface area (Å²) in [5, 5.41) is 8.84. The number of rotatable bonds is 1. The molecule has 21 heavy (non-hydrogen) atoms. The third-order valence-corrected chi connectivity index (χ3v) is 3.06. The number of anilines is 1. The van der Waals surface area contributed by atoms with Crippen molar-refractivity contribution in [3.63, 3.8) is 0 Å². The van der Waals surface area contributed by atoms with E-state index < -0.39 is 17.5 Å². The van der Waals surface area contributed by atoms with E-state index in [0.29, 0.717) is 0 Å². The summed E-state index contributed by atoms with van der Waals surface area (Å²) in [4.78, 5) is 3.93. The number of nitrogens with two attached hydrogens (primary N) is 1. The van der Waals surface area contributed by atoms with Crippen molar-refractivity contribution in [2.24, 2.45) is 0 Å². The highest BCUT2D eigenvalue weighted by atomic mass is 19.2. The highest BCUT2D eigenvalue weighted by Gasteiger charge is 2.18. The largest absolute Gasteiger partial charge is 0.369 e. The molecule has 104 valence electrons. The fourth-order valence-electron chi connectivity index (χ4n) is 2.12. The lowest BCUT2D eigenvalue weighted by molar-refractivity contribution is 0.514. The van der Waals surface area contributed by atoms with Crippen LogP contribution in [-0.4, -0.2) is 9.55 Å². The van der Waals surface area contributed by atoms with E-state index >= 15 is 0 Å². The van der Waals surface area contributed by atoms with Crippen molar-refractivity contribution in [2.75, 3.05) is 5.73 Å². The number of benzene rings is 2. The molecule has 0 aliphatic heterocycles. The van der Waals surface area contributed by atoms with Crippen LogP contribution < -0.4 is 5.73 Å². The molecule has 0 amide bonds. The fraction of sp³-hybridized carbons (Fsp3) is 0. The molecule has 0 fully saturated rings. The highest BCUT2D eigenvalue weighted by molar-refractivity contribution is 5.81. The zero-order valence-corrected chi connectivity index (χ0v) is 10.4. The molecule has 0 atom stereocenters. The minimum atomic E-state index is -1.11. The Morgan fingerprint density at radius 3 is 2.52 bits per heavy atom. The van der Waals surface area contributed by atoms with E-state index in [1.807, 2.05) is 0 Å². The van der Waals surface area contributed by atoms with Crippen molar-refractivity contribution in [1.82, 2.24) is 9.55 Å². The van der Waals surface area contributed by atoms with Crippen molar-refractivity contribution < 1.29 is 13.2 Å². The smallest absolute Gasteiger partial charge is 0.206 e. The predicted octanol–water partition coefficient (Wildman–Crippen LogP) is 2.90. The molecule has 3 aromatic rings. The number of nitrogens with zero attached hydrogens (tertiary/aromatic N) is 3. The van der Waals surface area contributed by atoms with Crippen LogP contribution in [0.1, 0.15) is 5.56 Å². The number of nitrogen functional groups attached to an aromatic ring is 1. The standard InChI is InChI=1S/C14H7F3N4/c15-9-2-1-8(5-7(9)6-18)21-13-11(20-14(21)19)4-3-10(16)12(13)17/h1-5H,(H2,19,20). The Labute approximate surface area is 116 Å². The molecule has 0 aliphatic carbocycles. The zero-order valence-electron chi connectivity index (χ0n) is 10.4. The molecule has 0 saturated carbocycles. The zero-order chi connectivity index (χ0) is 15.1. The second-order valence-electron chi connectivity index (χ2n) is 4.31. The topological polar surface area (TPSA) is 67.6 Å². The van der Waals surface area contributed by atoms with Gasteiger partial charge in [0.05, 0.1) is 16.8 Å². The van der Waals surface area contributed by atoms with E-state index in [1.165, 1.54) is 18.2 Å². The van der Waals surface area contributed by atoms with Crippen LogP contribution in [0.2, 0.25) is 0 Å². The first-order valence-electron chi connectivity index (χ1n) is 5.85. The fourth-order valence-corrected chi connectivity index (χ4v) is 2.12. The van der Waals surface area contributed by atoms with Gasteiger partial charge in [-0.05, 0) is 30.3 Å². The quantitative estimate of drug-likeness (QED) is 0.748. The van der Waals surface area contributed by atoms with Gasteiger partial charge in [-0.2, -0.15) is 5.26 Å². The maximum Gasteiger partial charge on any atom is 0.206 e. The van der Waals surface area contributed by atoms with Crippen LogP contribution in [0, 0.1) is 28.8 Å². The average Bonchev–Trinajstić information content (AvgIpc) is 2.81. The Balaban J connectivity index is 2.38. The normalized spacial score (nSPS) is 10.8. The first kappa shape index (κ1) is 13.0. The summed E-state index contributed by atoms with van der Waals surface area (Å²) in [6.45, 7) is 0. The molecule has 2 N–H and O–H groups in total. The van der Waals surface area contributed by atoms with Crippen LogP contribution in [0.4, 0.5) is 19.1 Å². The second kappa shape index (κ2) is 4.52. The summed E-state index contributed by atoms with van der Waals surface area (Å²) in [7, 11) is 0. The molecule has 0 radical (unpaired) electrons. The lowest BCUT2D eigenvalue weighted by Crippen LogP contribution is -2.03. The third kappa shape index (κ3) is 1.89. The number of halogens is 3. The number of hydrogen-bond donors (Lipinski definition) is 1. The van der Waals surface area contributed by atoms with Crippen LogP contribution in [0.5, 0.6) is 0 Å². The first-order valence-corrected chi connectivity index (χ1v) is 5.85. The van der Waals surface area contributed by atoms with Crippen molar-refractivity contribution in [3.05, 3.63) is 53.3 Å². The molecule has 1 heterocycles. The Bertz CT molecular complexity index is 909. The van der Waals surface area contributed by atoms with E-state index in [-0.39, 0.29) is 28.2 Å². The summed E-state index contributed by atoms with van der Waals surface area (Å²) >= 11 is 0. The molecule has 0 aliphatic rings. The van der Waals surface area contributed by atoms with Crippen molar-refractivity contribution in [2.45, 2.75) is 0 Å². The van der Waals surface area contributed by atoms with Crippen molar-refractivity contribution in [1.29, 1.82) is 5.26 Å². The molecular formula is C14H7F3N4. The molecule has 0 spiro atoms. The molecule has 3 rings (SSSR count). The molecule has 4 nitrogen and oxygen atoms in total. The van der Waals surface area contributed by atoms with E-state index in [0.717, 1.165) is 16.7 Å². The van der Waals surface area contributed by atoms with Gasteiger partial charge in [-0.3, -0.25) is 4.57 Å². The maximum atomic E-state index is 14.0. The first-order chi connectivity index (χ1) is 10.0. The molecule has 0 saturated heterocycles. The summed E-state index contributed by atoms with van der Waals surface area (Å²) < 4.78 is 41.9. The van der Waals surface area contributed by atoms with E-state index in [1.54, 1.807) is 6.07 Å². The molecule has 0 bridgehead atoms. The SMILES string of the molecule is N#Cc1cc(-n2c(N)nc3ccc(F)c(F)c32)ccc1F. The van der Waals surface area contributed by atoms with Gasteiger partial charge in [0, 0.05) is 0 Å². The van der Waals surface area contributed by atoms with Gasteiger partial charge in [0.2, 0.25) is 5.95 Å². The number of imidazole rings is 1. The molecular weight excluding hydrogens is 281 g/mol. The van der Waals surface area contributed by atoms with Crippen molar-refractivity contribution >= 4 is 17.0 Å². The monoisotopic (exact) mass is 288 g/mol. The molecule has 0 unspecified atom stereocenters. The van der Waals surface area contributed by atoms with Gasteiger partial charge in [-0.1, -0.05) is 0 Å². The van der Waals surface area contributed by atoms with Gasteiger partial charge < -0.3 is 5.73 Å². The summed E-state index contributed by atoms with van der Waals surface area (Å²) in [6.07, 6.45) is 0. The number of nitriles is 1. The number of hydrogen-bond acceptors (Lipinski definition) is 3. The Morgan fingerprint density at radius 2 is 1.81 bits per heavy atom. The average molecular weight is 288 g/mol. The van der Waals surface area contributed by atoms with Crippen LogP contribution in [0.3, 0.4) is 0 Å². The molecule has 1 aromatic heterocycles. The Hall–Kier alpha value is -3.01. The minimum Gasteiger partial charge on any atom is -0.369 e. The Kier molecular flexibility index (Phi) is 2.80. The van der Waals surface area contributed by atoms with Gasteiger partial charge in [0.15, 0.2) is 11.6 Å². The summed E-state index contributed by atoms with van der Waals surface area (Å²) in [6, 6.07) is 7.45. The van der Waals surface area contributed by atoms with Crippen molar-refractivity contribution in [3.8, 4) is 11.8 Å². The van der Waals surface area contributed by atoms with Crippen LogP contribution in [0.25, 0.3) is 16.7 Å². The summed E-state index contributed by atoms with van der Waals surface area (Å²) in [5.74, 6) is -2.97. The molecule has 2 aromatic carbocycles. The van der Waals surface area contributed by atoms with Gasteiger partial charge in [0.1, 0.15) is 17.4 Å². The minimum absolute atomic E-state index is 0.0926. The third-order valence-electron chi connectivity index (χ3n) is 3.06. The van der Waals surface area contributed by atoms with E-state index in [2.05, 4.69) is 4.98 Å². The number of fused-ring (bicyclic) bond motifs is 1. The lowest BCUT2D eigenvalue weighted by atomic mass is 10.2. The number of aromatic nitrogens is 2. The van der Waals surface area contributed by atoms with Crippen LogP contribution in [-0.2, 0) is 0 Å². The Morgan fingerprint density at radius 1 is 1.10 bits per heavy atom. The van der Waals surface area contributed by atoms with E-state index in [4.69, 9.17) is 11.0 Å². The van der Waals surface area contributed by atoms with Gasteiger partial charge in [-0.15, -0.1) is 0 Å². The summed E-state index contributed by atoms with van der Waals surface area (Å²) in [5.41, 5.74) is 5.71. The van der Waals surface area contributed by atoms with Gasteiger partial charge in [0.25, 0.3) is 0 Å². The lowest BCUT2D eigenvalue weighted by Gasteiger charge is -2.08. The van der Waals surface area contributed by atoms with Crippen LogP contribution >= 0.6 is 0 Å². The van der Waals surface area contributed by atoms with Crippen LogP contribution in [0.15, 0.2) is 30.3 Å². The second-order valence-corrected chi connectivity index (χ2v) is 4.31. The van der Waals surface area contributed by atoms with Gasteiger partial charge in [-0.25, -0.2) is 18.2 Å². The maximum absolute atomic E-state index is 14.0. The van der Waals surface area contributed by atoms with E-state index in [9.17, 15) is 13.2 Å².